The Kier molecular flexibility index (Phi) is 5.79. The van der Waals surface area contributed by atoms with Gasteiger partial charge in [-0.1, -0.05) is 52.0 Å². The lowest BCUT2D eigenvalue weighted by atomic mass is 10.1. The zero-order valence-corrected chi connectivity index (χ0v) is 15.7. The molecule has 1 N–H and O–H groups in total. The van der Waals surface area contributed by atoms with Crippen molar-refractivity contribution >= 4 is 50.7 Å². The number of nitrogens with one attached hydrogen (secondary N) is 1. The van der Waals surface area contributed by atoms with Crippen LogP contribution in [0.25, 0.3) is 0 Å². The van der Waals surface area contributed by atoms with E-state index in [9.17, 15) is 14.9 Å². The Labute approximate surface area is 161 Å². The monoisotopic (exact) mass is 432 g/mol. The Hall–Kier alpha value is -2.52. The molecular formula is C17H13BrN4O3S. The summed E-state index contributed by atoms with van der Waals surface area (Å²) in [7, 11) is 0. The maximum absolute atomic E-state index is 12.1. The summed E-state index contributed by atoms with van der Waals surface area (Å²) in [6, 6.07) is 13.9. The van der Waals surface area contributed by atoms with E-state index in [1.54, 1.807) is 12.1 Å². The Balaban J connectivity index is 1.63. The molecule has 0 saturated carbocycles. The SMILES string of the molecule is O=C1N/C(=N\N=C\c2cccc([N+](=O)[O-])c2)SC1Cc1ccc(Br)cc1. The summed E-state index contributed by atoms with van der Waals surface area (Å²) in [6.45, 7) is 0. The lowest BCUT2D eigenvalue weighted by Gasteiger charge is -2.05. The van der Waals surface area contributed by atoms with Gasteiger partial charge in [0, 0.05) is 22.2 Å². The Morgan fingerprint density at radius 3 is 2.77 bits per heavy atom. The minimum Gasteiger partial charge on any atom is -0.303 e. The van der Waals surface area contributed by atoms with Crippen LogP contribution < -0.4 is 5.32 Å². The molecule has 1 atom stereocenters. The number of hydrogen-bond acceptors (Lipinski definition) is 6. The summed E-state index contributed by atoms with van der Waals surface area (Å²) in [5.74, 6) is -0.109. The van der Waals surface area contributed by atoms with Crippen molar-refractivity contribution in [2.75, 3.05) is 0 Å². The van der Waals surface area contributed by atoms with Crippen molar-refractivity contribution in [3.63, 3.8) is 0 Å². The number of benzene rings is 2. The average Bonchev–Trinajstić information content (AvgIpc) is 2.97. The van der Waals surface area contributed by atoms with Crippen molar-refractivity contribution < 1.29 is 9.72 Å². The maximum Gasteiger partial charge on any atom is 0.270 e. The van der Waals surface area contributed by atoms with Gasteiger partial charge in [-0.05, 0) is 24.1 Å². The van der Waals surface area contributed by atoms with Crippen LogP contribution in [0.4, 0.5) is 5.69 Å². The third-order valence-corrected chi connectivity index (χ3v) is 5.15. The van der Waals surface area contributed by atoms with Gasteiger partial charge in [-0.2, -0.15) is 5.10 Å². The van der Waals surface area contributed by atoms with E-state index in [-0.39, 0.29) is 16.8 Å². The highest BCUT2D eigenvalue weighted by atomic mass is 79.9. The minimum absolute atomic E-state index is 0.0142. The van der Waals surface area contributed by atoms with Crippen LogP contribution >= 0.6 is 27.7 Å². The highest BCUT2D eigenvalue weighted by molar-refractivity contribution is 9.10. The lowest BCUT2D eigenvalue weighted by molar-refractivity contribution is -0.384. The predicted molar refractivity (Wildman–Crippen MR) is 105 cm³/mol. The molecule has 1 amide bonds. The quantitative estimate of drug-likeness (QED) is 0.443. The summed E-state index contributed by atoms with van der Waals surface area (Å²) in [5.41, 5.74) is 1.60. The zero-order valence-electron chi connectivity index (χ0n) is 13.3. The van der Waals surface area contributed by atoms with Crippen LogP contribution in [0.5, 0.6) is 0 Å². The first kappa shape index (κ1) is 18.3. The Morgan fingerprint density at radius 2 is 2.04 bits per heavy atom. The number of non-ortho nitro benzene ring substituents is 1. The molecule has 2 aromatic carbocycles. The highest BCUT2D eigenvalue weighted by Crippen LogP contribution is 2.24. The van der Waals surface area contributed by atoms with Crippen molar-refractivity contribution in [2.45, 2.75) is 11.7 Å². The molecule has 0 spiro atoms. The number of halogens is 1. The van der Waals surface area contributed by atoms with E-state index < -0.39 is 4.92 Å². The fourth-order valence-corrected chi connectivity index (χ4v) is 3.52. The van der Waals surface area contributed by atoms with Crippen LogP contribution in [-0.2, 0) is 11.2 Å². The van der Waals surface area contributed by atoms with Gasteiger partial charge in [0.15, 0.2) is 5.17 Å². The van der Waals surface area contributed by atoms with E-state index in [0.29, 0.717) is 17.2 Å². The smallest absolute Gasteiger partial charge is 0.270 e. The summed E-state index contributed by atoms with van der Waals surface area (Å²) >= 11 is 4.70. The van der Waals surface area contributed by atoms with E-state index in [2.05, 4.69) is 31.4 Å². The second kappa shape index (κ2) is 8.24. The lowest BCUT2D eigenvalue weighted by Crippen LogP contribution is -2.25. The Morgan fingerprint density at radius 1 is 1.27 bits per heavy atom. The van der Waals surface area contributed by atoms with E-state index >= 15 is 0 Å². The first-order valence-electron chi connectivity index (χ1n) is 7.59. The number of thioether (sulfide) groups is 1. The third kappa shape index (κ3) is 4.77. The van der Waals surface area contributed by atoms with Crippen molar-refractivity contribution in [1.82, 2.24) is 5.32 Å². The van der Waals surface area contributed by atoms with Gasteiger partial charge in [-0.3, -0.25) is 14.9 Å². The highest BCUT2D eigenvalue weighted by Gasteiger charge is 2.30. The van der Waals surface area contributed by atoms with E-state index in [1.807, 2.05) is 24.3 Å². The zero-order chi connectivity index (χ0) is 18.5. The van der Waals surface area contributed by atoms with Crippen molar-refractivity contribution in [3.05, 3.63) is 74.2 Å². The summed E-state index contributed by atoms with van der Waals surface area (Å²) < 4.78 is 0.988. The standard InChI is InChI=1S/C17H13BrN4O3S/c18-13-6-4-11(5-7-13)9-15-16(23)20-17(26-15)21-19-10-12-2-1-3-14(8-12)22(24)25/h1-8,10,15H,9H2,(H,20,21,23)/b19-10+. The molecule has 1 fully saturated rings. The van der Waals surface area contributed by atoms with Crippen LogP contribution in [0.1, 0.15) is 11.1 Å². The summed E-state index contributed by atoms with van der Waals surface area (Å²) in [6.07, 6.45) is 2.01. The molecule has 0 bridgehead atoms. The van der Waals surface area contributed by atoms with E-state index in [1.165, 1.54) is 30.1 Å². The number of nitro groups is 1. The molecule has 132 valence electrons. The predicted octanol–water partition coefficient (Wildman–Crippen LogP) is 3.52. The molecule has 7 nitrogen and oxygen atoms in total. The molecule has 2 aromatic rings. The molecule has 1 saturated heterocycles. The fraction of sp³-hybridized carbons (Fsp3) is 0.118. The number of amides is 1. The van der Waals surface area contributed by atoms with Crippen molar-refractivity contribution in [3.8, 4) is 0 Å². The third-order valence-electron chi connectivity index (χ3n) is 3.55. The van der Waals surface area contributed by atoms with Crippen molar-refractivity contribution in [1.29, 1.82) is 0 Å². The number of amidine groups is 1. The summed E-state index contributed by atoms with van der Waals surface area (Å²) in [5, 5.41) is 21.5. The molecule has 3 rings (SSSR count). The maximum atomic E-state index is 12.1. The molecule has 0 radical (unpaired) electrons. The van der Waals surface area contributed by atoms with Crippen LogP contribution in [0, 0.1) is 10.1 Å². The molecular weight excluding hydrogens is 420 g/mol. The summed E-state index contributed by atoms with van der Waals surface area (Å²) in [4.78, 5) is 22.3. The number of carbonyl (C=O) groups excluding carboxylic acids is 1. The first-order valence-corrected chi connectivity index (χ1v) is 9.26. The topological polar surface area (TPSA) is 97.0 Å². The van der Waals surface area contributed by atoms with Gasteiger partial charge in [-0.25, -0.2) is 0 Å². The van der Waals surface area contributed by atoms with Gasteiger partial charge in [0.25, 0.3) is 5.69 Å². The largest absolute Gasteiger partial charge is 0.303 e. The second-order valence-corrected chi connectivity index (χ2v) is 7.54. The number of nitro benzene ring substituents is 1. The average molecular weight is 433 g/mol. The second-order valence-electron chi connectivity index (χ2n) is 5.43. The van der Waals surface area contributed by atoms with Crippen molar-refractivity contribution in [2.24, 2.45) is 10.2 Å². The minimum atomic E-state index is -0.469. The van der Waals surface area contributed by atoms with Crippen LogP contribution in [0.3, 0.4) is 0 Å². The molecule has 0 aliphatic carbocycles. The first-order chi connectivity index (χ1) is 12.5. The van der Waals surface area contributed by atoms with Gasteiger partial charge in [0.1, 0.15) is 0 Å². The van der Waals surface area contributed by atoms with E-state index in [4.69, 9.17) is 0 Å². The number of nitrogens with zero attached hydrogens (tertiary/aromatic N) is 3. The molecule has 1 heterocycles. The number of hydrogen-bond donors (Lipinski definition) is 1. The van der Waals surface area contributed by atoms with E-state index in [0.717, 1.165) is 10.0 Å². The number of carbonyl (C=O) groups is 1. The molecule has 1 aliphatic rings. The van der Waals surface area contributed by atoms with Gasteiger partial charge in [-0.15, -0.1) is 5.10 Å². The van der Waals surface area contributed by atoms with Gasteiger partial charge in [0.2, 0.25) is 5.91 Å². The van der Waals surface area contributed by atoms with Crippen LogP contribution in [0.15, 0.2) is 63.2 Å². The normalized spacial score (nSPS) is 18.4. The molecule has 1 unspecified atom stereocenters. The molecule has 9 heteroatoms. The molecule has 0 aromatic heterocycles. The van der Waals surface area contributed by atoms with Gasteiger partial charge >= 0.3 is 0 Å². The fourth-order valence-electron chi connectivity index (χ4n) is 2.29. The van der Waals surface area contributed by atoms with Gasteiger partial charge in [0.05, 0.1) is 16.4 Å². The van der Waals surface area contributed by atoms with Gasteiger partial charge < -0.3 is 5.32 Å². The van der Waals surface area contributed by atoms with Crippen LogP contribution in [0.2, 0.25) is 0 Å². The van der Waals surface area contributed by atoms with Crippen LogP contribution in [-0.4, -0.2) is 27.5 Å². The number of rotatable bonds is 5. The Bertz CT molecular complexity index is 899. The molecule has 1 aliphatic heterocycles. The molecule has 26 heavy (non-hydrogen) atoms.